The lowest BCUT2D eigenvalue weighted by Crippen LogP contribution is -2.21. The highest BCUT2D eigenvalue weighted by Gasteiger charge is 1.99. The molecule has 0 unspecified atom stereocenters. The summed E-state index contributed by atoms with van der Waals surface area (Å²) in [7, 11) is 4.01. The summed E-state index contributed by atoms with van der Waals surface area (Å²) in [5.74, 6) is 0. The van der Waals surface area contributed by atoms with Crippen molar-refractivity contribution in [2.75, 3.05) is 48.5 Å². The Morgan fingerprint density at radius 2 is 1.05 bits per heavy atom. The standard InChI is InChI=1S/C10H16N2.C8H12N2/c1-3-12(4-2)10-7-5-9(11)6-8-10;1-10(2)8-5-3-7(9)4-6-8/h5-8H,3-4,11H2,1-2H3;3-6H,9H2,1-2H3. The fourth-order valence-electron chi connectivity index (χ4n) is 2.05. The molecule has 0 radical (unpaired) electrons. The average molecular weight is 300 g/mol. The van der Waals surface area contributed by atoms with Crippen molar-refractivity contribution in [2.24, 2.45) is 0 Å². The normalized spacial score (nSPS) is 9.64. The van der Waals surface area contributed by atoms with Crippen LogP contribution in [0.5, 0.6) is 0 Å². The van der Waals surface area contributed by atoms with Crippen molar-refractivity contribution in [1.29, 1.82) is 0 Å². The summed E-state index contributed by atoms with van der Waals surface area (Å²) in [4.78, 5) is 4.33. The van der Waals surface area contributed by atoms with E-state index in [0.717, 1.165) is 24.5 Å². The molecule has 2 aromatic rings. The highest BCUT2D eigenvalue weighted by atomic mass is 15.1. The molecule has 2 rings (SSSR count). The Bertz CT molecular complexity index is 528. The molecule has 0 amide bonds. The third-order valence-electron chi connectivity index (χ3n) is 3.43. The van der Waals surface area contributed by atoms with Gasteiger partial charge in [-0.05, 0) is 62.4 Å². The molecule has 0 fully saturated rings. The Kier molecular flexibility index (Phi) is 7.09. The van der Waals surface area contributed by atoms with E-state index >= 15 is 0 Å². The van der Waals surface area contributed by atoms with Crippen LogP contribution in [0.15, 0.2) is 48.5 Å². The fourth-order valence-corrected chi connectivity index (χ4v) is 2.05. The van der Waals surface area contributed by atoms with Gasteiger partial charge in [0.1, 0.15) is 0 Å². The van der Waals surface area contributed by atoms with Crippen molar-refractivity contribution in [1.82, 2.24) is 0 Å². The number of benzene rings is 2. The Hall–Kier alpha value is -2.36. The first-order chi connectivity index (χ1) is 10.5. The van der Waals surface area contributed by atoms with Gasteiger partial charge in [0.05, 0.1) is 0 Å². The number of anilines is 4. The van der Waals surface area contributed by atoms with Crippen LogP contribution in [0.4, 0.5) is 22.7 Å². The van der Waals surface area contributed by atoms with E-state index in [4.69, 9.17) is 11.5 Å². The van der Waals surface area contributed by atoms with E-state index in [-0.39, 0.29) is 0 Å². The number of nitrogen functional groups attached to an aromatic ring is 2. The van der Waals surface area contributed by atoms with Crippen LogP contribution in [0.2, 0.25) is 0 Å². The molecule has 0 spiro atoms. The SMILES string of the molecule is CCN(CC)c1ccc(N)cc1.CN(C)c1ccc(N)cc1. The van der Waals surface area contributed by atoms with E-state index in [2.05, 4.69) is 30.9 Å². The lowest BCUT2D eigenvalue weighted by Gasteiger charge is -2.20. The molecule has 0 aromatic heterocycles. The van der Waals surface area contributed by atoms with E-state index in [1.54, 1.807) is 0 Å². The van der Waals surface area contributed by atoms with Gasteiger partial charge in [-0.15, -0.1) is 0 Å². The first kappa shape index (κ1) is 17.7. The van der Waals surface area contributed by atoms with Crippen LogP contribution in [0.3, 0.4) is 0 Å². The molecule has 120 valence electrons. The number of hydrogen-bond acceptors (Lipinski definition) is 4. The molecular formula is C18H28N4. The van der Waals surface area contributed by atoms with Crippen molar-refractivity contribution >= 4 is 22.7 Å². The molecule has 0 aliphatic rings. The van der Waals surface area contributed by atoms with E-state index < -0.39 is 0 Å². The third kappa shape index (κ3) is 5.56. The van der Waals surface area contributed by atoms with Crippen LogP contribution in [-0.2, 0) is 0 Å². The van der Waals surface area contributed by atoms with E-state index in [0.29, 0.717) is 0 Å². The highest BCUT2D eigenvalue weighted by Crippen LogP contribution is 2.15. The monoisotopic (exact) mass is 300 g/mol. The summed E-state index contributed by atoms with van der Waals surface area (Å²) < 4.78 is 0. The van der Waals surface area contributed by atoms with Crippen LogP contribution in [-0.4, -0.2) is 27.2 Å². The molecule has 0 saturated heterocycles. The summed E-state index contributed by atoms with van der Waals surface area (Å²) >= 11 is 0. The molecule has 4 heteroatoms. The van der Waals surface area contributed by atoms with Gasteiger partial charge >= 0.3 is 0 Å². The van der Waals surface area contributed by atoms with Crippen molar-refractivity contribution in [2.45, 2.75) is 13.8 Å². The summed E-state index contributed by atoms with van der Waals surface area (Å²) in [6.45, 7) is 6.39. The molecule has 0 heterocycles. The smallest absolute Gasteiger partial charge is 0.0367 e. The predicted molar refractivity (Wildman–Crippen MR) is 99.6 cm³/mol. The lowest BCUT2D eigenvalue weighted by molar-refractivity contribution is 0.866. The van der Waals surface area contributed by atoms with Crippen molar-refractivity contribution in [3.05, 3.63) is 48.5 Å². The van der Waals surface area contributed by atoms with Gasteiger partial charge < -0.3 is 21.3 Å². The maximum Gasteiger partial charge on any atom is 0.0367 e. The Balaban J connectivity index is 0.000000224. The predicted octanol–water partition coefficient (Wildman–Crippen LogP) is 3.45. The summed E-state index contributed by atoms with van der Waals surface area (Å²) in [6, 6.07) is 15.8. The van der Waals surface area contributed by atoms with Gasteiger partial charge in [-0.2, -0.15) is 0 Å². The van der Waals surface area contributed by atoms with Gasteiger partial charge in [0.25, 0.3) is 0 Å². The molecule has 4 N–H and O–H groups in total. The quantitative estimate of drug-likeness (QED) is 0.849. The van der Waals surface area contributed by atoms with E-state index in [1.807, 2.05) is 55.4 Å². The maximum atomic E-state index is 5.59. The minimum atomic E-state index is 0.811. The Labute approximate surface area is 134 Å². The number of nitrogens with zero attached hydrogens (tertiary/aromatic N) is 2. The molecule has 2 aromatic carbocycles. The van der Waals surface area contributed by atoms with Crippen LogP contribution >= 0.6 is 0 Å². The van der Waals surface area contributed by atoms with Gasteiger partial charge in [0.2, 0.25) is 0 Å². The van der Waals surface area contributed by atoms with Crippen LogP contribution in [0, 0.1) is 0 Å². The second-order valence-corrected chi connectivity index (χ2v) is 5.25. The highest BCUT2D eigenvalue weighted by molar-refractivity contribution is 5.53. The molecule has 0 bridgehead atoms. The summed E-state index contributed by atoms with van der Waals surface area (Å²) in [5.41, 5.74) is 15.2. The minimum Gasteiger partial charge on any atom is -0.399 e. The second kappa shape index (κ2) is 8.82. The van der Waals surface area contributed by atoms with Gasteiger partial charge in [0.15, 0.2) is 0 Å². The largest absolute Gasteiger partial charge is 0.399 e. The molecule has 0 aliphatic heterocycles. The first-order valence-electron chi connectivity index (χ1n) is 7.61. The second-order valence-electron chi connectivity index (χ2n) is 5.25. The van der Waals surface area contributed by atoms with Crippen LogP contribution in [0.25, 0.3) is 0 Å². The van der Waals surface area contributed by atoms with Crippen molar-refractivity contribution in [3.8, 4) is 0 Å². The van der Waals surface area contributed by atoms with E-state index in [9.17, 15) is 0 Å². The van der Waals surface area contributed by atoms with Crippen molar-refractivity contribution in [3.63, 3.8) is 0 Å². The summed E-state index contributed by atoms with van der Waals surface area (Å²) in [6.07, 6.45) is 0. The van der Waals surface area contributed by atoms with Crippen LogP contribution < -0.4 is 21.3 Å². The Morgan fingerprint density at radius 1 is 0.682 bits per heavy atom. The molecular weight excluding hydrogens is 272 g/mol. The summed E-state index contributed by atoms with van der Waals surface area (Å²) in [5, 5.41) is 0. The fraction of sp³-hybridized carbons (Fsp3) is 0.333. The number of nitrogens with two attached hydrogens (primary N) is 2. The van der Waals surface area contributed by atoms with Gasteiger partial charge in [-0.1, -0.05) is 0 Å². The zero-order valence-corrected chi connectivity index (χ0v) is 14.1. The molecule has 0 aliphatic carbocycles. The zero-order chi connectivity index (χ0) is 16.5. The van der Waals surface area contributed by atoms with Gasteiger partial charge in [0, 0.05) is 49.9 Å². The molecule has 4 nitrogen and oxygen atoms in total. The van der Waals surface area contributed by atoms with Gasteiger partial charge in [-0.25, -0.2) is 0 Å². The number of rotatable bonds is 4. The first-order valence-corrected chi connectivity index (χ1v) is 7.61. The van der Waals surface area contributed by atoms with Crippen molar-refractivity contribution < 1.29 is 0 Å². The zero-order valence-electron chi connectivity index (χ0n) is 14.1. The average Bonchev–Trinajstić information content (AvgIpc) is 2.51. The Morgan fingerprint density at radius 3 is 1.36 bits per heavy atom. The molecule has 0 saturated carbocycles. The topological polar surface area (TPSA) is 58.5 Å². The number of hydrogen-bond donors (Lipinski definition) is 2. The molecule has 22 heavy (non-hydrogen) atoms. The maximum absolute atomic E-state index is 5.59. The minimum absolute atomic E-state index is 0.811. The third-order valence-corrected chi connectivity index (χ3v) is 3.43. The van der Waals surface area contributed by atoms with Gasteiger partial charge in [-0.3, -0.25) is 0 Å². The molecule has 0 atom stereocenters. The lowest BCUT2D eigenvalue weighted by atomic mass is 10.2. The van der Waals surface area contributed by atoms with Crippen LogP contribution in [0.1, 0.15) is 13.8 Å². The van der Waals surface area contributed by atoms with E-state index in [1.165, 1.54) is 11.4 Å².